The number of carbonyl (C=O) groups excluding carboxylic acids is 2. The van der Waals surface area contributed by atoms with Crippen LogP contribution in [0.3, 0.4) is 0 Å². The first-order chi connectivity index (χ1) is 17.7. The molecule has 1 amide bonds. The summed E-state index contributed by atoms with van der Waals surface area (Å²) in [5, 5.41) is 12.6. The number of hydrogen-bond acceptors (Lipinski definition) is 4. The van der Waals surface area contributed by atoms with Crippen LogP contribution < -0.4 is 0 Å². The average Bonchev–Trinajstić information content (AvgIpc) is 3.40. The second-order valence-electron chi connectivity index (χ2n) is 9.13. The molecule has 6 nitrogen and oxygen atoms in total. The molecule has 0 fully saturated rings. The van der Waals surface area contributed by atoms with Gasteiger partial charge in [0.15, 0.2) is 5.78 Å². The topological polar surface area (TPSA) is 75.4 Å². The number of ketones is 1. The molecule has 1 unspecified atom stereocenters. The van der Waals surface area contributed by atoms with Crippen LogP contribution >= 0.6 is 23.2 Å². The summed E-state index contributed by atoms with van der Waals surface area (Å²) in [7, 11) is 1.64. The van der Waals surface area contributed by atoms with Crippen molar-refractivity contribution in [3.63, 3.8) is 0 Å². The van der Waals surface area contributed by atoms with Crippen LogP contribution in [0.15, 0.2) is 91.5 Å². The Labute approximate surface area is 226 Å². The summed E-state index contributed by atoms with van der Waals surface area (Å²) in [4.78, 5) is 32.0. The van der Waals surface area contributed by atoms with E-state index in [0.717, 1.165) is 0 Å². The Morgan fingerprint density at radius 2 is 1.76 bits per heavy atom. The lowest BCUT2D eigenvalue weighted by molar-refractivity contribution is -0.135. The molecule has 0 radical (unpaired) electrons. The Hall–Kier alpha value is -3.45. The van der Waals surface area contributed by atoms with Gasteiger partial charge in [0.05, 0.1) is 25.3 Å². The number of likely N-dealkylation sites (N-methyl/N-ethyl adjacent to an activating group) is 1. The Kier molecular flexibility index (Phi) is 8.13. The summed E-state index contributed by atoms with van der Waals surface area (Å²) in [5.41, 5.74) is 0.740. The highest BCUT2D eigenvalue weighted by Gasteiger charge is 2.36. The first kappa shape index (κ1) is 26.6. The van der Waals surface area contributed by atoms with Crippen molar-refractivity contribution in [3.05, 3.63) is 124 Å². The Morgan fingerprint density at radius 3 is 2.43 bits per heavy atom. The Balaban J connectivity index is 1.57. The molecule has 1 aromatic heterocycles. The van der Waals surface area contributed by atoms with E-state index in [0.29, 0.717) is 32.3 Å². The molecule has 1 N–H and O–H groups in total. The van der Waals surface area contributed by atoms with Gasteiger partial charge in [-0.15, -0.1) is 0 Å². The van der Waals surface area contributed by atoms with Gasteiger partial charge in [0, 0.05) is 46.2 Å². The normalized spacial score (nSPS) is 13.5. The average molecular weight is 536 g/mol. The summed E-state index contributed by atoms with van der Waals surface area (Å²) in [5.74, 6) is -0.868. The van der Waals surface area contributed by atoms with E-state index in [1.165, 1.54) is 4.90 Å². The quantitative estimate of drug-likeness (QED) is 0.284. The summed E-state index contributed by atoms with van der Waals surface area (Å²) >= 11 is 12.5. The second kappa shape index (κ2) is 11.3. The van der Waals surface area contributed by atoms with Crippen molar-refractivity contribution in [1.82, 2.24) is 14.5 Å². The van der Waals surface area contributed by atoms with Gasteiger partial charge >= 0.3 is 0 Å². The summed E-state index contributed by atoms with van der Waals surface area (Å²) in [6.07, 6.45) is 4.94. The Morgan fingerprint density at radius 1 is 1.03 bits per heavy atom. The van der Waals surface area contributed by atoms with E-state index in [-0.39, 0.29) is 24.8 Å². The van der Waals surface area contributed by atoms with Crippen molar-refractivity contribution < 1.29 is 14.7 Å². The van der Waals surface area contributed by atoms with Crippen molar-refractivity contribution in [2.45, 2.75) is 25.0 Å². The molecule has 2 atom stereocenters. The van der Waals surface area contributed by atoms with E-state index in [1.54, 1.807) is 85.8 Å². The summed E-state index contributed by atoms with van der Waals surface area (Å²) in [6, 6.07) is 21.0. The number of aromatic nitrogens is 2. The molecule has 0 spiro atoms. The first-order valence-electron chi connectivity index (χ1n) is 11.8. The molecule has 3 aromatic carbocycles. The molecule has 37 heavy (non-hydrogen) atoms. The molecule has 4 rings (SSSR count). The second-order valence-corrected chi connectivity index (χ2v) is 9.97. The molecular weight excluding hydrogens is 509 g/mol. The van der Waals surface area contributed by atoms with Gasteiger partial charge in [0.25, 0.3) is 0 Å². The molecule has 1 heterocycles. The molecule has 190 valence electrons. The maximum Gasteiger partial charge on any atom is 0.229 e. The van der Waals surface area contributed by atoms with Crippen LogP contribution in [0, 0.1) is 0 Å². The number of halogens is 2. The van der Waals surface area contributed by atoms with Gasteiger partial charge in [-0.1, -0.05) is 77.8 Å². The third-order valence-electron chi connectivity index (χ3n) is 6.37. The fourth-order valence-corrected chi connectivity index (χ4v) is 5.00. The van der Waals surface area contributed by atoms with E-state index in [1.807, 2.05) is 24.3 Å². The Bertz CT molecular complexity index is 1390. The van der Waals surface area contributed by atoms with Gasteiger partial charge in [0.1, 0.15) is 5.60 Å². The highest BCUT2D eigenvalue weighted by atomic mass is 35.5. The maximum absolute atomic E-state index is 13.5. The fourth-order valence-electron chi connectivity index (χ4n) is 4.42. The molecule has 4 aromatic rings. The summed E-state index contributed by atoms with van der Waals surface area (Å²) in [6.45, 7) is 1.88. The van der Waals surface area contributed by atoms with Crippen LogP contribution in [-0.2, 0) is 16.9 Å². The van der Waals surface area contributed by atoms with Gasteiger partial charge in [-0.25, -0.2) is 4.98 Å². The zero-order valence-corrected chi connectivity index (χ0v) is 22.0. The van der Waals surface area contributed by atoms with Gasteiger partial charge in [-0.2, -0.15) is 0 Å². The van der Waals surface area contributed by atoms with Crippen molar-refractivity contribution in [2.75, 3.05) is 13.6 Å². The number of carbonyl (C=O) groups is 2. The molecule has 8 heteroatoms. The molecule has 0 bridgehead atoms. The third-order valence-corrected chi connectivity index (χ3v) is 6.91. The number of hydrogen-bond donors (Lipinski definition) is 1. The van der Waals surface area contributed by atoms with Crippen molar-refractivity contribution in [3.8, 4) is 0 Å². The van der Waals surface area contributed by atoms with Gasteiger partial charge in [-0.3, -0.25) is 9.59 Å². The van der Waals surface area contributed by atoms with Crippen LogP contribution in [0.25, 0.3) is 0 Å². The van der Waals surface area contributed by atoms with E-state index in [2.05, 4.69) is 4.98 Å². The summed E-state index contributed by atoms with van der Waals surface area (Å²) < 4.78 is 1.73. The van der Waals surface area contributed by atoms with E-state index < -0.39 is 11.5 Å². The zero-order chi connectivity index (χ0) is 26.6. The third kappa shape index (κ3) is 6.10. The van der Waals surface area contributed by atoms with Crippen LogP contribution in [0.4, 0.5) is 0 Å². The smallest absolute Gasteiger partial charge is 0.229 e. The van der Waals surface area contributed by atoms with Crippen molar-refractivity contribution in [2.24, 2.45) is 0 Å². The minimum atomic E-state index is -1.52. The van der Waals surface area contributed by atoms with E-state index in [4.69, 9.17) is 23.2 Å². The largest absolute Gasteiger partial charge is 0.381 e. The highest BCUT2D eigenvalue weighted by molar-refractivity contribution is 6.35. The van der Waals surface area contributed by atoms with E-state index in [9.17, 15) is 14.7 Å². The molecule has 0 saturated carbocycles. The van der Waals surface area contributed by atoms with Crippen molar-refractivity contribution >= 4 is 34.9 Å². The maximum atomic E-state index is 13.5. The van der Waals surface area contributed by atoms with Crippen molar-refractivity contribution in [1.29, 1.82) is 0 Å². The fraction of sp³-hybridized carbons (Fsp3) is 0.207. The van der Waals surface area contributed by atoms with Gasteiger partial charge < -0.3 is 14.6 Å². The monoisotopic (exact) mass is 535 g/mol. The number of imidazole rings is 1. The van der Waals surface area contributed by atoms with Crippen LogP contribution in [-0.4, -0.2) is 44.8 Å². The number of aliphatic hydroxyl groups is 1. The minimum Gasteiger partial charge on any atom is -0.381 e. The zero-order valence-electron chi connectivity index (χ0n) is 20.5. The molecule has 0 aliphatic carbocycles. The number of benzene rings is 3. The standard InChI is InChI=1S/C29H27Cl2N3O3/c1-20(22-9-6-10-23(15-22)27(35)21-7-4-3-5-8-21)28(36)33(2)17-29(37,18-34-14-13-32-19-34)25-12-11-24(30)16-26(25)31/h3-16,19-20,37H,17-18H2,1-2H3/t20-,29?/m0/s1. The number of amides is 1. The SMILES string of the molecule is C[C@H](C(=O)N(C)CC(O)(Cn1ccnc1)c1ccc(Cl)cc1Cl)c1cccc(C(=O)c2ccccc2)c1. The van der Waals surface area contributed by atoms with E-state index >= 15 is 0 Å². The first-order valence-corrected chi connectivity index (χ1v) is 12.5. The predicted molar refractivity (Wildman–Crippen MR) is 145 cm³/mol. The van der Waals surface area contributed by atoms with Crippen LogP contribution in [0.2, 0.25) is 10.0 Å². The highest BCUT2D eigenvalue weighted by Crippen LogP contribution is 2.33. The molecule has 0 aliphatic rings. The van der Waals surface area contributed by atoms with Gasteiger partial charge in [0.2, 0.25) is 5.91 Å². The van der Waals surface area contributed by atoms with Gasteiger partial charge in [-0.05, 0) is 30.7 Å². The predicted octanol–water partition coefficient (Wildman–Crippen LogP) is 5.57. The lowest BCUT2D eigenvalue weighted by Gasteiger charge is -2.35. The van der Waals surface area contributed by atoms with Crippen LogP contribution in [0.1, 0.15) is 39.9 Å². The molecule has 0 saturated heterocycles. The minimum absolute atomic E-state index is 0.0294. The molecule has 0 aliphatic heterocycles. The number of nitrogens with zero attached hydrogens (tertiary/aromatic N) is 3. The number of rotatable bonds is 9. The lowest BCUT2D eigenvalue weighted by atomic mass is 9.91. The lowest BCUT2D eigenvalue weighted by Crippen LogP contribution is -2.45. The molecular formula is C29H27Cl2N3O3. The van der Waals surface area contributed by atoms with Crippen LogP contribution in [0.5, 0.6) is 0 Å².